The summed E-state index contributed by atoms with van der Waals surface area (Å²) in [6.07, 6.45) is 1.94. The van der Waals surface area contributed by atoms with Crippen LogP contribution in [0.2, 0.25) is 0 Å². The van der Waals surface area contributed by atoms with Crippen molar-refractivity contribution >= 4 is 21.6 Å². The first-order chi connectivity index (χ1) is 7.45. The Hall–Kier alpha value is 0.160. The van der Waals surface area contributed by atoms with Crippen LogP contribution in [-0.4, -0.2) is 38.3 Å². The Morgan fingerprint density at radius 1 is 1.31 bits per heavy atom. The molecule has 0 aliphatic carbocycles. The third kappa shape index (κ3) is 5.48. The summed E-state index contributed by atoms with van der Waals surface area (Å²) in [5, 5.41) is 9.29. The van der Waals surface area contributed by atoms with Gasteiger partial charge in [0.05, 0.1) is 5.75 Å². The quantitative estimate of drug-likeness (QED) is 0.622. The normalized spacial score (nSPS) is 13.0. The Balaban J connectivity index is 4.30. The summed E-state index contributed by atoms with van der Waals surface area (Å²) in [6, 6.07) is 0. The van der Waals surface area contributed by atoms with Gasteiger partial charge in [-0.1, -0.05) is 13.8 Å². The Bertz CT molecular complexity index is 268. The van der Waals surface area contributed by atoms with E-state index in [9.17, 15) is 13.5 Å². The maximum Gasteiger partial charge on any atom is 0.211 e. The zero-order valence-electron chi connectivity index (χ0n) is 10.00. The van der Waals surface area contributed by atoms with Gasteiger partial charge in [0.2, 0.25) is 10.0 Å². The van der Waals surface area contributed by atoms with E-state index in [2.05, 4.69) is 4.72 Å². The molecule has 0 atom stereocenters. The second-order valence-electron chi connectivity index (χ2n) is 4.05. The topological polar surface area (TPSA) is 66.4 Å². The van der Waals surface area contributed by atoms with Crippen LogP contribution in [0.4, 0.5) is 0 Å². The molecule has 98 valence electrons. The molecule has 0 amide bonds. The van der Waals surface area contributed by atoms with Crippen LogP contribution in [0.25, 0.3) is 0 Å². The van der Waals surface area contributed by atoms with Crippen molar-refractivity contribution in [2.24, 2.45) is 5.41 Å². The fourth-order valence-corrected chi connectivity index (χ4v) is 2.85. The van der Waals surface area contributed by atoms with Crippen molar-refractivity contribution in [3.05, 3.63) is 0 Å². The fraction of sp³-hybridized carbons (Fsp3) is 1.00. The van der Waals surface area contributed by atoms with Crippen LogP contribution in [0.5, 0.6) is 0 Å². The van der Waals surface area contributed by atoms with E-state index in [1.807, 2.05) is 13.8 Å². The number of rotatable bonds is 9. The molecule has 0 aromatic carbocycles. The molecule has 0 bridgehead atoms. The van der Waals surface area contributed by atoms with Crippen LogP contribution in [0, 0.1) is 5.41 Å². The van der Waals surface area contributed by atoms with Gasteiger partial charge in [0.25, 0.3) is 0 Å². The molecule has 0 aromatic rings. The number of aliphatic hydroxyl groups is 1. The van der Waals surface area contributed by atoms with Gasteiger partial charge >= 0.3 is 0 Å². The first-order valence-corrected chi connectivity index (χ1v) is 7.78. The van der Waals surface area contributed by atoms with Crippen molar-refractivity contribution in [2.75, 3.05) is 24.8 Å². The van der Waals surface area contributed by atoms with Crippen LogP contribution in [-0.2, 0) is 10.0 Å². The second kappa shape index (κ2) is 7.48. The highest BCUT2D eigenvalue weighted by Gasteiger charge is 2.26. The number of alkyl halides is 1. The second-order valence-corrected chi connectivity index (χ2v) is 6.35. The van der Waals surface area contributed by atoms with Gasteiger partial charge in [0.15, 0.2) is 0 Å². The first kappa shape index (κ1) is 16.2. The van der Waals surface area contributed by atoms with Crippen LogP contribution in [0.1, 0.15) is 33.1 Å². The van der Waals surface area contributed by atoms with E-state index in [4.69, 9.17) is 11.6 Å². The molecule has 0 radical (unpaired) electrons. The lowest BCUT2D eigenvalue weighted by Gasteiger charge is -2.29. The number of hydrogen-bond acceptors (Lipinski definition) is 3. The van der Waals surface area contributed by atoms with Crippen LogP contribution in [0.15, 0.2) is 0 Å². The van der Waals surface area contributed by atoms with Crippen LogP contribution >= 0.6 is 11.6 Å². The van der Waals surface area contributed by atoms with E-state index in [-0.39, 0.29) is 17.8 Å². The average molecular weight is 272 g/mol. The van der Waals surface area contributed by atoms with Crippen LogP contribution in [0.3, 0.4) is 0 Å². The van der Waals surface area contributed by atoms with E-state index >= 15 is 0 Å². The largest absolute Gasteiger partial charge is 0.396 e. The highest BCUT2D eigenvalue weighted by Crippen LogP contribution is 2.24. The summed E-state index contributed by atoms with van der Waals surface area (Å²) in [5.74, 6) is 0.388. The highest BCUT2D eigenvalue weighted by molar-refractivity contribution is 7.89. The number of hydrogen-bond donors (Lipinski definition) is 2. The Kier molecular flexibility index (Phi) is 7.55. The van der Waals surface area contributed by atoms with E-state index in [1.165, 1.54) is 0 Å². The minimum Gasteiger partial charge on any atom is -0.396 e. The number of sulfonamides is 1. The minimum absolute atomic E-state index is 0.00196. The Morgan fingerprint density at radius 2 is 1.88 bits per heavy atom. The summed E-state index contributed by atoms with van der Waals surface area (Å²) in [7, 11) is -3.25. The molecule has 0 unspecified atom stereocenters. The number of aliphatic hydroxyl groups excluding tert-OH is 1. The van der Waals surface area contributed by atoms with E-state index in [1.54, 1.807) is 0 Å². The summed E-state index contributed by atoms with van der Waals surface area (Å²) in [4.78, 5) is 0. The van der Waals surface area contributed by atoms with Crippen LogP contribution < -0.4 is 4.72 Å². The minimum atomic E-state index is -3.25. The van der Waals surface area contributed by atoms with Gasteiger partial charge in [-0.2, -0.15) is 0 Å². The van der Waals surface area contributed by atoms with Crippen molar-refractivity contribution < 1.29 is 13.5 Å². The van der Waals surface area contributed by atoms with Crippen molar-refractivity contribution in [1.82, 2.24) is 4.72 Å². The molecule has 0 aliphatic heterocycles. The summed E-state index contributed by atoms with van der Waals surface area (Å²) >= 11 is 5.45. The van der Waals surface area contributed by atoms with Gasteiger partial charge in [-0.25, -0.2) is 13.1 Å². The van der Waals surface area contributed by atoms with Gasteiger partial charge in [-0.05, 0) is 19.3 Å². The fourth-order valence-electron chi connectivity index (χ4n) is 1.36. The number of nitrogens with one attached hydrogen (secondary N) is 1. The maximum atomic E-state index is 11.5. The predicted octanol–water partition coefficient (Wildman–Crippen LogP) is 1.33. The molecule has 6 heteroatoms. The Morgan fingerprint density at radius 3 is 2.25 bits per heavy atom. The molecular formula is C10H22ClNO3S. The zero-order chi connectivity index (χ0) is 12.7. The molecule has 2 N–H and O–H groups in total. The number of halogens is 1. The van der Waals surface area contributed by atoms with E-state index in [0.29, 0.717) is 18.8 Å². The molecule has 0 rings (SSSR count). The molecule has 0 saturated heterocycles. The highest BCUT2D eigenvalue weighted by atomic mass is 35.5. The van der Waals surface area contributed by atoms with Crippen molar-refractivity contribution in [3.8, 4) is 0 Å². The third-order valence-electron chi connectivity index (χ3n) is 3.05. The molecule has 0 aliphatic rings. The predicted molar refractivity (Wildman–Crippen MR) is 67.2 cm³/mol. The summed E-state index contributed by atoms with van der Waals surface area (Å²) in [6.45, 7) is 4.19. The molecule has 0 saturated carbocycles. The lowest BCUT2D eigenvalue weighted by molar-refractivity contribution is 0.119. The van der Waals surface area contributed by atoms with Gasteiger partial charge in [0.1, 0.15) is 0 Å². The molecule has 0 spiro atoms. The standard InChI is InChI=1S/C10H22ClNO3S/c1-3-10(4-2,9-13)8-12-16(14,15)7-5-6-11/h12-13H,3-9H2,1-2H3. The molecule has 4 nitrogen and oxygen atoms in total. The lowest BCUT2D eigenvalue weighted by Crippen LogP contribution is -2.40. The smallest absolute Gasteiger partial charge is 0.211 e. The van der Waals surface area contributed by atoms with Gasteiger partial charge in [-0.15, -0.1) is 11.6 Å². The first-order valence-electron chi connectivity index (χ1n) is 5.59. The van der Waals surface area contributed by atoms with Crippen molar-refractivity contribution in [1.29, 1.82) is 0 Å². The van der Waals surface area contributed by atoms with Crippen molar-refractivity contribution in [3.63, 3.8) is 0 Å². The molecule has 0 fully saturated rings. The molecule has 16 heavy (non-hydrogen) atoms. The molecular weight excluding hydrogens is 250 g/mol. The van der Waals surface area contributed by atoms with Crippen molar-refractivity contribution in [2.45, 2.75) is 33.1 Å². The van der Waals surface area contributed by atoms with E-state index < -0.39 is 10.0 Å². The third-order valence-corrected chi connectivity index (χ3v) is 4.73. The Labute approximate surface area is 103 Å². The van der Waals surface area contributed by atoms with Gasteiger partial charge < -0.3 is 5.11 Å². The summed E-state index contributed by atoms with van der Waals surface area (Å²) < 4.78 is 25.6. The van der Waals surface area contributed by atoms with Gasteiger partial charge in [-0.3, -0.25) is 0 Å². The zero-order valence-corrected chi connectivity index (χ0v) is 11.6. The average Bonchev–Trinajstić information content (AvgIpc) is 2.29. The van der Waals surface area contributed by atoms with E-state index in [0.717, 1.165) is 12.8 Å². The summed E-state index contributed by atoms with van der Waals surface area (Å²) in [5.41, 5.74) is -0.339. The molecule has 0 aromatic heterocycles. The SMILES string of the molecule is CCC(CC)(CO)CNS(=O)(=O)CCCCl. The molecule has 0 heterocycles. The monoisotopic (exact) mass is 271 g/mol. The lowest BCUT2D eigenvalue weighted by atomic mass is 9.84. The van der Waals surface area contributed by atoms with Gasteiger partial charge in [0, 0.05) is 24.4 Å². The maximum absolute atomic E-state index is 11.5.